The fourth-order valence-corrected chi connectivity index (χ4v) is 3.72. The lowest BCUT2D eigenvalue weighted by molar-refractivity contribution is -0.135. The summed E-state index contributed by atoms with van der Waals surface area (Å²) in [5, 5.41) is 2.81. The normalized spacial score (nSPS) is 13.6. The van der Waals surface area contributed by atoms with E-state index < -0.39 is 0 Å². The molecule has 0 fully saturated rings. The van der Waals surface area contributed by atoms with Crippen LogP contribution in [0, 0.1) is 5.92 Å². The lowest BCUT2D eigenvalue weighted by Gasteiger charge is -2.11. The van der Waals surface area contributed by atoms with Gasteiger partial charge in [-0.05, 0) is 74.2 Å². The molecule has 0 bridgehead atoms. The van der Waals surface area contributed by atoms with Crippen LogP contribution < -0.4 is 5.32 Å². The van der Waals surface area contributed by atoms with Crippen LogP contribution in [0.3, 0.4) is 0 Å². The summed E-state index contributed by atoms with van der Waals surface area (Å²) in [5.41, 5.74) is 3.69. The molecule has 1 atom stereocenters. The molecule has 0 spiro atoms. The monoisotopic (exact) mass is 619 g/mol. The summed E-state index contributed by atoms with van der Waals surface area (Å²) >= 11 is 0. The van der Waals surface area contributed by atoms with Crippen molar-refractivity contribution in [2.75, 3.05) is 13.7 Å². The Balaban J connectivity index is 0. The van der Waals surface area contributed by atoms with E-state index in [9.17, 15) is 9.59 Å². The topological polar surface area (TPSA) is 89.9 Å². The van der Waals surface area contributed by atoms with Gasteiger partial charge in [-0.3, -0.25) is 14.8 Å². The molecule has 1 aliphatic carbocycles. The molecule has 0 saturated heterocycles. The van der Waals surface area contributed by atoms with E-state index in [4.69, 9.17) is 4.74 Å². The first-order valence-corrected chi connectivity index (χ1v) is 16.1. The van der Waals surface area contributed by atoms with Crippen LogP contribution in [0.25, 0.3) is 6.08 Å². The number of allylic oxidation sites excluding steroid dienone is 4. The van der Waals surface area contributed by atoms with Crippen molar-refractivity contribution in [2.24, 2.45) is 10.9 Å². The van der Waals surface area contributed by atoms with Crippen molar-refractivity contribution < 1.29 is 19.1 Å². The Kier molecular flexibility index (Phi) is 27.2. The summed E-state index contributed by atoms with van der Waals surface area (Å²) in [6.45, 7) is 22.6. The third-order valence-electron chi connectivity index (χ3n) is 5.81. The molecule has 248 valence electrons. The van der Waals surface area contributed by atoms with Crippen LogP contribution in [0.15, 0.2) is 95.0 Å². The second-order valence-electron chi connectivity index (χ2n) is 8.88. The van der Waals surface area contributed by atoms with Crippen LogP contribution in [-0.2, 0) is 20.9 Å². The number of carbonyl (C=O) groups is 2. The third-order valence-corrected chi connectivity index (χ3v) is 5.81. The fraction of sp³-hybridized carbons (Fsp3) is 0.421. The van der Waals surface area contributed by atoms with E-state index in [-0.39, 0.29) is 17.8 Å². The Labute approximate surface area is 273 Å². The third kappa shape index (κ3) is 17.6. The smallest absolute Gasteiger partial charge is 0.339 e. The first-order valence-electron chi connectivity index (χ1n) is 16.1. The fourth-order valence-electron chi connectivity index (χ4n) is 3.72. The average molecular weight is 620 g/mol. The molecule has 1 aromatic heterocycles. The van der Waals surface area contributed by atoms with Gasteiger partial charge >= 0.3 is 5.97 Å². The number of nitrogens with one attached hydrogen (secondary N) is 1. The quantitative estimate of drug-likeness (QED) is 0.124. The van der Waals surface area contributed by atoms with Gasteiger partial charge in [0.1, 0.15) is 18.1 Å². The van der Waals surface area contributed by atoms with Crippen LogP contribution in [0.4, 0.5) is 0 Å². The number of nitrogens with zero attached hydrogens (tertiary/aromatic N) is 2. The van der Waals surface area contributed by atoms with Crippen molar-refractivity contribution in [2.45, 2.75) is 88.2 Å². The molecule has 0 aliphatic heterocycles. The number of hydrogen-bond donors (Lipinski definition) is 1. The van der Waals surface area contributed by atoms with E-state index in [1.165, 1.54) is 7.11 Å². The van der Waals surface area contributed by atoms with Gasteiger partial charge in [0.2, 0.25) is 0 Å². The van der Waals surface area contributed by atoms with E-state index >= 15 is 0 Å². The van der Waals surface area contributed by atoms with Crippen LogP contribution in [-0.4, -0.2) is 37.2 Å². The number of carbonyl (C=O) groups excluding carboxylic acids is 2. The minimum absolute atomic E-state index is 0.147. The van der Waals surface area contributed by atoms with E-state index in [0.29, 0.717) is 24.4 Å². The van der Waals surface area contributed by atoms with Crippen LogP contribution in [0.1, 0.15) is 103 Å². The van der Waals surface area contributed by atoms with Crippen molar-refractivity contribution >= 4 is 24.7 Å². The summed E-state index contributed by atoms with van der Waals surface area (Å²) in [6.07, 6.45) is 14.0. The van der Waals surface area contributed by atoms with Gasteiger partial charge in [-0.2, -0.15) is 0 Å². The molecular weight excluding hydrogens is 562 g/mol. The zero-order valence-corrected chi connectivity index (χ0v) is 29.4. The molecule has 2 aromatic rings. The predicted molar refractivity (Wildman–Crippen MR) is 191 cm³/mol. The van der Waals surface area contributed by atoms with Gasteiger partial charge in [0, 0.05) is 12.7 Å². The van der Waals surface area contributed by atoms with E-state index in [1.807, 2.05) is 123 Å². The minimum Gasteiger partial charge on any atom is -0.489 e. The highest BCUT2D eigenvalue weighted by Crippen LogP contribution is 2.26. The van der Waals surface area contributed by atoms with E-state index in [2.05, 4.69) is 26.7 Å². The second kappa shape index (κ2) is 28.5. The molecule has 1 unspecified atom stereocenters. The summed E-state index contributed by atoms with van der Waals surface area (Å²) in [7, 11) is 1.37. The summed E-state index contributed by atoms with van der Waals surface area (Å²) in [5.74, 6) is 0.525. The highest BCUT2D eigenvalue weighted by atomic mass is 16.5. The Hall–Kier alpha value is -4.26. The highest BCUT2D eigenvalue weighted by molar-refractivity contribution is 5.93. The van der Waals surface area contributed by atoms with Crippen molar-refractivity contribution in [3.8, 4) is 0 Å². The van der Waals surface area contributed by atoms with Gasteiger partial charge < -0.3 is 14.8 Å². The minimum atomic E-state index is -0.336. The zero-order chi connectivity index (χ0) is 34.5. The number of hydrogen-bond acceptors (Lipinski definition) is 6. The summed E-state index contributed by atoms with van der Waals surface area (Å²) < 4.78 is 10.6. The molecule has 0 radical (unpaired) electrons. The number of amides is 1. The maximum Gasteiger partial charge on any atom is 0.339 e. The van der Waals surface area contributed by atoms with Crippen molar-refractivity contribution in [1.82, 2.24) is 10.3 Å². The Morgan fingerprint density at radius 2 is 1.73 bits per heavy atom. The van der Waals surface area contributed by atoms with Crippen LogP contribution in [0.5, 0.6) is 0 Å². The zero-order valence-electron chi connectivity index (χ0n) is 29.4. The number of benzene rings is 1. The second-order valence-corrected chi connectivity index (χ2v) is 8.88. The first kappa shape index (κ1) is 42.9. The molecular formula is C38H57N3O4. The number of aliphatic imine (C=N–C) groups is 1. The number of aromatic nitrogens is 1. The molecule has 1 aromatic carbocycles. The lowest BCUT2D eigenvalue weighted by atomic mass is 10.0. The SMILES string of the molecule is C/C=C\C(=C/c1ccc(C(=O)NCCC)nc1)OCc1ccccc1.C=NC1=C(C(=O)OC)C=CCCC1C.CC.CC.CC. The number of ether oxygens (including phenoxy) is 2. The molecule has 45 heavy (non-hydrogen) atoms. The number of methoxy groups -OCH3 is 1. The van der Waals surface area contributed by atoms with Gasteiger partial charge in [0.25, 0.3) is 5.91 Å². The molecule has 7 heteroatoms. The summed E-state index contributed by atoms with van der Waals surface area (Å²) in [6, 6.07) is 13.6. The molecule has 0 saturated carbocycles. The van der Waals surface area contributed by atoms with Crippen LogP contribution in [0.2, 0.25) is 0 Å². The molecule has 3 rings (SSSR count). The lowest BCUT2D eigenvalue weighted by Crippen LogP contribution is -2.24. The van der Waals surface area contributed by atoms with Gasteiger partial charge in [0.05, 0.1) is 18.4 Å². The number of pyridine rings is 1. The van der Waals surface area contributed by atoms with Gasteiger partial charge in [0.15, 0.2) is 0 Å². The van der Waals surface area contributed by atoms with Crippen molar-refractivity contribution in [3.63, 3.8) is 0 Å². The molecule has 7 nitrogen and oxygen atoms in total. The van der Waals surface area contributed by atoms with Crippen molar-refractivity contribution in [1.29, 1.82) is 0 Å². The number of rotatable bonds is 10. The Bertz CT molecular complexity index is 1200. The number of esters is 1. The first-order chi connectivity index (χ1) is 21.9. The predicted octanol–water partition coefficient (Wildman–Crippen LogP) is 9.53. The van der Waals surface area contributed by atoms with Gasteiger partial charge in [-0.15, -0.1) is 0 Å². The highest BCUT2D eigenvalue weighted by Gasteiger charge is 2.19. The Morgan fingerprint density at radius 3 is 2.27 bits per heavy atom. The average Bonchev–Trinajstić information content (AvgIpc) is 3.30. The molecule has 1 N–H and O–H groups in total. The molecule has 1 aliphatic rings. The van der Waals surface area contributed by atoms with E-state index in [1.54, 1.807) is 18.3 Å². The maximum atomic E-state index is 11.9. The largest absolute Gasteiger partial charge is 0.489 e. The summed E-state index contributed by atoms with van der Waals surface area (Å²) in [4.78, 5) is 31.4. The van der Waals surface area contributed by atoms with Crippen LogP contribution >= 0.6 is 0 Å². The standard InChI is InChI=1S/C21H24N2O2.C11H15NO2.3C2H6/c1-3-8-19(25-16-17-9-6-5-7-10-17)14-18-11-12-20(23-15-18)21(24)22-13-4-2;1-8-6-4-5-7-9(10(8)12-2)11(13)14-3;3*1-2/h3,5-12,14-15H,4,13,16H2,1-2H3,(H,22,24);5,7-8H,2,4,6H2,1,3H3;3*1-2H3/b8-3-,19-14+;;;;. The maximum absolute atomic E-state index is 11.9. The molecule has 1 heterocycles. The van der Waals surface area contributed by atoms with E-state index in [0.717, 1.165) is 41.8 Å². The molecule has 1 amide bonds. The van der Waals surface area contributed by atoms with Gasteiger partial charge in [-0.1, -0.05) is 104 Å². The van der Waals surface area contributed by atoms with Crippen molar-refractivity contribution in [3.05, 3.63) is 107 Å². The van der Waals surface area contributed by atoms with Gasteiger partial charge in [-0.25, -0.2) is 4.79 Å². The Morgan fingerprint density at radius 1 is 1.07 bits per heavy atom.